The molecule has 3 atom stereocenters. The molecule has 0 aromatic heterocycles. The number of benzene rings is 1. The van der Waals surface area contributed by atoms with Crippen LogP contribution in [0.4, 0.5) is 0 Å². The molecule has 0 unspecified atom stereocenters. The standard InChI is InChI=1S/C35H57NO10S/c1-5-7-9-13-16-24-47(42,43)25-17-14-11-10-12-15-18-30(35(41,27-44-3)34(39)40)32(37)36-31(33(38)45-4)26-28-19-21-29(22-20-28)46-23-8-6-2/h15,18-22,30-31,41H,5-14,16-17,23-27H2,1-4H3,(H,36,37)(H,39,40)/t30-,31+,35+/m1/s1. The molecular weight excluding hydrogens is 626 g/mol. The van der Waals surface area contributed by atoms with Crippen LogP contribution in [-0.2, 0) is 40.1 Å². The number of amides is 1. The summed E-state index contributed by atoms with van der Waals surface area (Å²) in [7, 11) is -0.653. The van der Waals surface area contributed by atoms with E-state index in [0.717, 1.165) is 51.4 Å². The average Bonchev–Trinajstić information content (AvgIpc) is 3.04. The molecule has 0 aliphatic heterocycles. The second kappa shape index (κ2) is 23.4. The summed E-state index contributed by atoms with van der Waals surface area (Å²) in [4.78, 5) is 38.3. The summed E-state index contributed by atoms with van der Waals surface area (Å²) in [6.45, 7) is 4.11. The molecule has 3 N–H and O–H groups in total. The third kappa shape index (κ3) is 16.6. The number of ether oxygens (including phenoxy) is 3. The van der Waals surface area contributed by atoms with Gasteiger partial charge in [-0.2, -0.15) is 0 Å². The first-order chi connectivity index (χ1) is 22.4. The molecule has 0 radical (unpaired) electrons. The molecule has 0 fully saturated rings. The number of hydrogen-bond donors (Lipinski definition) is 3. The van der Waals surface area contributed by atoms with Crippen LogP contribution in [0.2, 0.25) is 0 Å². The first kappa shape index (κ1) is 42.1. The zero-order valence-electron chi connectivity index (χ0n) is 28.7. The van der Waals surface area contributed by atoms with Gasteiger partial charge in [0, 0.05) is 13.5 Å². The number of sulfone groups is 1. The fourth-order valence-electron chi connectivity index (χ4n) is 5.05. The van der Waals surface area contributed by atoms with Crippen molar-refractivity contribution in [2.24, 2.45) is 5.92 Å². The zero-order chi connectivity index (χ0) is 35.1. The fraction of sp³-hybridized carbons (Fsp3) is 0.686. The van der Waals surface area contributed by atoms with E-state index in [-0.39, 0.29) is 17.9 Å². The van der Waals surface area contributed by atoms with E-state index in [4.69, 9.17) is 14.2 Å². The molecular formula is C35H57NO10S. The minimum absolute atomic E-state index is 0.0639. The van der Waals surface area contributed by atoms with Crippen LogP contribution in [0.1, 0.15) is 96.5 Å². The number of methoxy groups -OCH3 is 2. The lowest BCUT2D eigenvalue weighted by Gasteiger charge is -2.30. The summed E-state index contributed by atoms with van der Waals surface area (Å²) >= 11 is 0. The first-order valence-electron chi connectivity index (χ1n) is 16.9. The third-order valence-corrected chi connectivity index (χ3v) is 9.75. The molecule has 0 bridgehead atoms. The predicted molar refractivity (Wildman–Crippen MR) is 182 cm³/mol. The van der Waals surface area contributed by atoms with Crippen molar-refractivity contribution in [2.45, 2.75) is 109 Å². The molecule has 0 spiro atoms. The average molecular weight is 684 g/mol. The highest BCUT2D eigenvalue weighted by Crippen LogP contribution is 2.23. The number of carboxylic acids is 1. The topological polar surface area (TPSA) is 166 Å². The van der Waals surface area contributed by atoms with Crippen molar-refractivity contribution in [1.29, 1.82) is 0 Å². The van der Waals surface area contributed by atoms with Crippen LogP contribution in [0.25, 0.3) is 0 Å². The van der Waals surface area contributed by atoms with Crippen LogP contribution < -0.4 is 10.1 Å². The lowest BCUT2D eigenvalue weighted by Crippen LogP contribution is -2.56. The summed E-state index contributed by atoms with van der Waals surface area (Å²) in [6, 6.07) is 5.92. The van der Waals surface area contributed by atoms with Crippen molar-refractivity contribution < 1.29 is 47.2 Å². The van der Waals surface area contributed by atoms with E-state index in [9.17, 15) is 33.0 Å². The fourth-order valence-corrected chi connectivity index (χ4v) is 6.55. The number of carbonyl (C=O) groups is 3. The van der Waals surface area contributed by atoms with Gasteiger partial charge in [-0.3, -0.25) is 4.79 Å². The van der Waals surface area contributed by atoms with Crippen LogP contribution in [0, 0.1) is 5.92 Å². The highest BCUT2D eigenvalue weighted by atomic mass is 32.2. The van der Waals surface area contributed by atoms with E-state index in [1.165, 1.54) is 20.3 Å². The van der Waals surface area contributed by atoms with Gasteiger partial charge in [-0.25, -0.2) is 18.0 Å². The molecule has 12 heteroatoms. The maximum absolute atomic E-state index is 13.5. The van der Waals surface area contributed by atoms with Crippen molar-refractivity contribution in [3.8, 4) is 5.75 Å². The smallest absolute Gasteiger partial charge is 0.339 e. The Balaban J connectivity index is 2.84. The summed E-state index contributed by atoms with van der Waals surface area (Å²) in [6.07, 6.45) is 13.1. The van der Waals surface area contributed by atoms with E-state index in [1.54, 1.807) is 30.3 Å². The van der Waals surface area contributed by atoms with Gasteiger partial charge in [-0.15, -0.1) is 0 Å². The summed E-state index contributed by atoms with van der Waals surface area (Å²) in [5, 5.41) is 23.5. The van der Waals surface area contributed by atoms with Crippen LogP contribution in [-0.4, -0.2) is 87.1 Å². The van der Waals surface area contributed by atoms with Gasteiger partial charge in [0.25, 0.3) is 0 Å². The molecule has 0 saturated carbocycles. The van der Waals surface area contributed by atoms with Crippen molar-refractivity contribution in [3.05, 3.63) is 42.0 Å². The second-order valence-corrected chi connectivity index (χ2v) is 14.3. The number of aliphatic carboxylic acids is 1. The number of esters is 1. The maximum atomic E-state index is 13.5. The van der Waals surface area contributed by atoms with E-state index >= 15 is 0 Å². The van der Waals surface area contributed by atoms with Crippen molar-refractivity contribution >= 4 is 27.7 Å². The van der Waals surface area contributed by atoms with Crippen LogP contribution >= 0.6 is 0 Å². The van der Waals surface area contributed by atoms with Gasteiger partial charge in [0.15, 0.2) is 5.60 Å². The van der Waals surface area contributed by atoms with Gasteiger partial charge < -0.3 is 29.7 Å². The molecule has 0 aliphatic rings. The molecule has 47 heavy (non-hydrogen) atoms. The summed E-state index contributed by atoms with van der Waals surface area (Å²) in [5.41, 5.74) is -1.89. The Morgan fingerprint density at radius 2 is 1.49 bits per heavy atom. The molecule has 1 rings (SSSR count). The predicted octanol–water partition coefficient (Wildman–Crippen LogP) is 5.04. The van der Waals surface area contributed by atoms with Gasteiger partial charge in [-0.1, -0.05) is 83.1 Å². The Bertz CT molecular complexity index is 1190. The first-order valence-corrected chi connectivity index (χ1v) is 18.7. The highest BCUT2D eigenvalue weighted by Gasteiger charge is 2.47. The summed E-state index contributed by atoms with van der Waals surface area (Å²) < 4.78 is 40.1. The van der Waals surface area contributed by atoms with Crippen molar-refractivity contribution in [3.63, 3.8) is 0 Å². The number of rotatable bonds is 27. The minimum Gasteiger partial charge on any atom is -0.494 e. The van der Waals surface area contributed by atoms with Gasteiger partial charge >= 0.3 is 11.9 Å². The number of allylic oxidation sites excluding steroid dienone is 1. The van der Waals surface area contributed by atoms with Gasteiger partial charge in [-0.05, 0) is 49.8 Å². The van der Waals surface area contributed by atoms with Crippen molar-refractivity contribution in [2.75, 3.05) is 38.9 Å². The van der Waals surface area contributed by atoms with Crippen LogP contribution in [0.3, 0.4) is 0 Å². The molecule has 0 heterocycles. The molecule has 1 aromatic carbocycles. The zero-order valence-corrected chi connectivity index (χ0v) is 29.5. The second-order valence-electron chi connectivity index (χ2n) is 12.0. The van der Waals surface area contributed by atoms with Crippen molar-refractivity contribution in [1.82, 2.24) is 5.32 Å². The number of hydrogen-bond acceptors (Lipinski definition) is 9. The Kier molecular flexibility index (Phi) is 20.9. The molecule has 1 amide bonds. The summed E-state index contributed by atoms with van der Waals surface area (Å²) in [5.74, 6) is -3.76. The Labute approximate surface area is 281 Å². The maximum Gasteiger partial charge on any atom is 0.339 e. The van der Waals surface area contributed by atoms with Gasteiger partial charge in [0.2, 0.25) is 5.91 Å². The SMILES string of the molecule is CCCCCCCS(=O)(=O)CCCCCCC=C[C@H](C(=O)N[C@@H](Cc1ccc(OCCCC)cc1)C(=O)OC)[C@@](O)(COC)C(=O)O. The third-order valence-electron chi connectivity index (χ3n) is 7.93. The Morgan fingerprint density at radius 3 is 2.04 bits per heavy atom. The van der Waals surface area contributed by atoms with Crippen LogP contribution in [0.15, 0.2) is 36.4 Å². The number of nitrogens with one attached hydrogen (secondary N) is 1. The van der Waals surface area contributed by atoms with E-state index in [1.807, 2.05) is 0 Å². The minimum atomic E-state index is -3.05. The van der Waals surface area contributed by atoms with Gasteiger partial charge in [0.1, 0.15) is 21.6 Å². The lowest BCUT2D eigenvalue weighted by molar-refractivity contribution is -0.173. The number of aliphatic hydroxyl groups is 1. The van der Waals surface area contributed by atoms with Crippen LogP contribution in [0.5, 0.6) is 5.75 Å². The lowest BCUT2D eigenvalue weighted by atomic mass is 9.86. The molecule has 268 valence electrons. The highest BCUT2D eigenvalue weighted by molar-refractivity contribution is 7.91. The quantitative estimate of drug-likeness (QED) is 0.0650. The number of unbranched alkanes of at least 4 members (excludes halogenated alkanes) is 9. The van der Waals surface area contributed by atoms with E-state index < -0.39 is 51.9 Å². The molecule has 0 saturated heterocycles. The van der Waals surface area contributed by atoms with E-state index in [0.29, 0.717) is 43.6 Å². The Morgan fingerprint density at radius 1 is 0.894 bits per heavy atom. The largest absolute Gasteiger partial charge is 0.494 e. The van der Waals surface area contributed by atoms with E-state index in [2.05, 4.69) is 19.2 Å². The molecule has 1 aromatic rings. The number of carboxylic acid groups (broad SMARTS) is 1. The molecule has 0 aliphatic carbocycles. The monoisotopic (exact) mass is 683 g/mol. The van der Waals surface area contributed by atoms with Gasteiger partial charge in [0.05, 0.1) is 37.7 Å². The number of carbonyl (C=O) groups excluding carboxylic acids is 2. The Hall–Kier alpha value is -2.96. The molecule has 11 nitrogen and oxygen atoms in total. The normalized spacial score (nSPS) is 14.3.